The predicted molar refractivity (Wildman–Crippen MR) is 65.1 cm³/mol. The van der Waals surface area contributed by atoms with E-state index in [0.717, 1.165) is 24.2 Å². The summed E-state index contributed by atoms with van der Waals surface area (Å²) < 4.78 is 0. The van der Waals surface area contributed by atoms with Gasteiger partial charge in [0.15, 0.2) is 0 Å². The average Bonchev–Trinajstić information content (AvgIpc) is 2.24. The standard InChI is InChI=1S/C11H20N4O/c1-3-4-5-6-13-10-9(7-16)8(2)14-11(12)15-10/h16H,3-7H2,1-2H3,(H3,12,13,14,15). The van der Waals surface area contributed by atoms with Gasteiger partial charge in [-0.2, -0.15) is 4.98 Å². The second kappa shape index (κ2) is 6.27. The maximum Gasteiger partial charge on any atom is 0.222 e. The van der Waals surface area contributed by atoms with Gasteiger partial charge in [-0.25, -0.2) is 4.98 Å². The van der Waals surface area contributed by atoms with Crippen LogP contribution in [0.25, 0.3) is 0 Å². The molecule has 0 aliphatic carbocycles. The van der Waals surface area contributed by atoms with Crippen molar-refractivity contribution < 1.29 is 5.11 Å². The lowest BCUT2D eigenvalue weighted by Crippen LogP contribution is -2.11. The number of nitrogens with two attached hydrogens (primary N) is 1. The zero-order chi connectivity index (χ0) is 12.0. The number of aromatic nitrogens is 2. The van der Waals surface area contributed by atoms with E-state index < -0.39 is 0 Å². The number of hydrogen-bond acceptors (Lipinski definition) is 5. The van der Waals surface area contributed by atoms with Gasteiger partial charge < -0.3 is 16.2 Å². The Labute approximate surface area is 96.1 Å². The summed E-state index contributed by atoms with van der Waals surface area (Å²) in [7, 11) is 0. The Kier molecular flexibility index (Phi) is 4.98. The Morgan fingerprint density at radius 2 is 2.06 bits per heavy atom. The molecule has 0 saturated heterocycles. The normalized spacial score (nSPS) is 10.4. The third-order valence-electron chi connectivity index (χ3n) is 2.46. The lowest BCUT2D eigenvalue weighted by Gasteiger charge is -2.11. The second-order valence-electron chi connectivity index (χ2n) is 3.79. The Morgan fingerprint density at radius 1 is 1.31 bits per heavy atom. The molecule has 0 fully saturated rings. The minimum Gasteiger partial charge on any atom is -0.391 e. The minimum atomic E-state index is -0.0672. The highest BCUT2D eigenvalue weighted by molar-refractivity contribution is 5.48. The number of rotatable bonds is 6. The lowest BCUT2D eigenvalue weighted by molar-refractivity contribution is 0.280. The zero-order valence-electron chi connectivity index (χ0n) is 9.95. The maximum atomic E-state index is 9.23. The number of aryl methyl sites for hydroxylation is 1. The van der Waals surface area contributed by atoms with Crippen LogP contribution in [0.5, 0.6) is 0 Å². The van der Waals surface area contributed by atoms with E-state index >= 15 is 0 Å². The fraction of sp³-hybridized carbons (Fsp3) is 0.636. The smallest absolute Gasteiger partial charge is 0.222 e. The molecule has 0 aliphatic heterocycles. The van der Waals surface area contributed by atoms with Gasteiger partial charge in [0, 0.05) is 12.1 Å². The van der Waals surface area contributed by atoms with Crippen LogP contribution in [0.3, 0.4) is 0 Å². The molecule has 0 unspecified atom stereocenters. The van der Waals surface area contributed by atoms with Gasteiger partial charge in [0.25, 0.3) is 0 Å². The first kappa shape index (κ1) is 12.7. The van der Waals surface area contributed by atoms with Gasteiger partial charge in [0.05, 0.1) is 12.3 Å². The monoisotopic (exact) mass is 224 g/mol. The van der Waals surface area contributed by atoms with E-state index in [1.807, 2.05) is 6.92 Å². The third-order valence-corrected chi connectivity index (χ3v) is 2.46. The van der Waals surface area contributed by atoms with Gasteiger partial charge in [-0.1, -0.05) is 19.8 Å². The number of unbranched alkanes of at least 4 members (excludes halogenated alkanes) is 2. The first-order chi connectivity index (χ1) is 7.69. The zero-order valence-corrected chi connectivity index (χ0v) is 9.95. The van der Waals surface area contributed by atoms with Crippen LogP contribution < -0.4 is 11.1 Å². The summed E-state index contributed by atoms with van der Waals surface area (Å²) in [5, 5.41) is 12.4. The van der Waals surface area contributed by atoms with Gasteiger partial charge >= 0.3 is 0 Å². The van der Waals surface area contributed by atoms with E-state index in [0.29, 0.717) is 5.82 Å². The van der Waals surface area contributed by atoms with E-state index in [-0.39, 0.29) is 12.6 Å². The van der Waals surface area contributed by atoms with E-state index in [1.54, 1.807) is 0 Å². The topological polar surface area (TPSA) is 84.1 Å². The molecule has 1 aromatic rings. The molecular weight excluding hydrogens is 204 g/mol. The number of anilines is 2. The Morgan fingerprint density at radius 3 is 2.69 bits per heavy atom. The van der Waals surface area contributed by atoms with Crippen LogP contribution in [-0.4, -0.2) is 21.6 Å². The highest BCUT2D eigenvalue weighted by atomic mass is 16.3. The molecule has 5 heteroatoms. The number of nitrogen functional groups attached to an aromatic ring is 1. The second-order valence-corrected chi connectivity index (χ2v) is 3.79. The fourth-order valence-corrected chi connectivity index (χ4v) is 1.53. The summed E-state index contributed by atoms with van der Waals surface area (Å²) in [6, 6.07) is 0. The van der Waals surface area contributed by atoms with Crippen molar-refractivity contribution in [2.75, 3.05) is 17.6 Å². The number of nitrogens with one attached hydrogen (secondary N) is 1. The van der Waals surface area contributed by atoms with Crippen LogP contribution in [-0.2, 0) is 6.61 Å². The first-order valence-electron chi connectivity index (χ1n) is 5.66. The molecule has 90 valence electrons. The molecule has 1 aromatic heterocycles. The van der Waals surface area contributed by atoms with Crippen molar-refractivity contribution in [3.8, 4) is 0 Å². The molecule has 0 aromatic carbocycles. The number of hydrogen-bond donors (Lipinski definition) is 3. The average molecular weight is 224 g/mol. The molecule has 0 radical (unpaired) electrons. The largest absolute Gasteiger partial charge is 0.391 e. The van der Waals surface area contributed by atoms with E-state index in [1.165, 1.54) is 12.8 Å². The van der Waals surface area contributed by atoms with Crippen LogP contribution in [0, 0.1) is 6.92 Å². The lowest BCUT2D eigenvalue weighted by atomic mass is 10.2. The molecule has 16 heavy (non-hydrogen) atoms. The van der Waals surface area contributed by atoms with Crippen molar-refractivity contribution in [1.29, 1.82) is 0 Å². The van der Waals surface area contributed by atoms with Crippen LogP contribution in [0.4, 0.5) is 11.8 Å². The van der Waals surface area contributed by atoms with Crippen LogP contribution >= 0.6 is 0 Å². The first-order valence-corrected chi connectivity index (χ1v) is 5.66. The summed E-state index contributed by atoms with van der Waals surface area (Å²) in [6.07, 6.45) is 3.45. The van der Waals surface area contributed by atoms with Gasteiger partial charge in [0.2, 0.25) is 5.95 Å². The summed E-state index contributed by atoms with van der Waals surface area (Å²) in [4.78, 5) is 8.11. The Bertz CT molecular complexity index is 341. The number of nitrogens with zero attached hydrogens (tertiary/aromatic N) is 2. The quantitative estimate of drug-likeness (QED) is 0.637. The molecule has 5 nitrogen and oxygen atoms in total. The van der Waals surface area contributed by atoms with E-state index in [4.69, 9.17) is 5.73 Å². The Hall–Kier alpha value is -1.36. The molecule has 0 amide bonds. The molecule has 0 atom stereocenters. The van der Waals surface area contributed by atoms with Gasteiger partial charge in [-0.3, -0.25) is 0 Å². The third kappa shape index (κ3) is 3.34. The van der Waals surface area contributed by atoms with Gasteiger partial charge in [-0.15, -0.1) is 0 Å². The van der Waals surface area contributed by atoms with Gasteiger partial charge in [-0.05, 0) is 13.3 Å². The van der Waals surface area contributed by atoms with Crippen molar-refractivity contribution in [3.63, 3.8) is 0 Å². The van der Waals surface area contributed by atoms with E-state index in [2.05, 4.69) is 22.2 Å². The molecule has 0 spiro atoms. The van der Waals surface area contributed by atoms with Gasteiger partial charge in [0.1, 0.15) is 5.82 Å². The summed E-state index contributed by atoms with van der Waals surface area (Å²) >= 11 is 0. The molecule has 0 saturated carbocycles. The highest BCUT2D eigenvalue weighted by Crippen LogP contribution is 2.17. The fourth-order valence-electron chi connectivity index (χ4n) is 1.53. The summed E-state index contributed by atoms with van der Waals surface area (Å²) in [5.74, 6) is 0.899. The SMILES string of the molecule is CCCCCNc1nc(N)nc(C)c1CO. The molecule has 4 N–H and O–H groups in total. The van der Waals surface area contributed by atoms with Crippen LogP contribution in [0.15, 0.2) is 0 Å². The molecule has 0 aliphatic rings. The number of aliphatic hydroxyl groups is 1. The van der Waals surface area contributed by atoms with Crippen molar-refractivity contribution in [1.82, 2.24) is 9.97 Å². The van der Waals surface area contributed by atoms with Crippen molar-refractivity contribution in [2.45, 2.75) is 39.7 Å². The number of aliphatic hydroxyl groups excluding tert-OH is 1. The maximum absolute atomic E-state index is 9.23. The summed E-state index contributed by atoms with van der Waals surface area (Å²) in [5.41, 5.74) is 7.03. The van der Waals surface area contributed by atoms with Crippen molar-refractivity contribution >= 4 is 11.8 Å². The van der Waals surface area contributed by atoms with Crippen molar-refractivity contribution in [3.05, 3.63) is 11.3 Å². The highest BCUT2D eigenvalue weighted by Gasteiger charge is 2.08. The van der Waals surface area contributed by atoms with Crippen LogP contribution in [0.1, 0.15) is 37.4 Å². The Balaban J connectivity index is 2.69. The molecule has 0 bridgehead atoms. The molecular formula is C11H20N4O. The molecule has 1 rings (SSSR count). The van der Waals surface area contributed by atoms with Crippen LogP contribution in [0.2, 0.25) is 0 Å². The molecule has 1 heterocycles. The predicted octanol–water partition coefficient (Wildman–Crippen LogP) is 1.46. The van der Waals surface area contributed by atoms with Crippen molar-refractivity contribution in [2.24, 2.45) is 0 Å². The minimum absolute atomic E-state index is 0.0672. The van der Waals surface area contributed by atoms with E-state index in [9.17, 15) is 5.11 Å². The summed E-state index contributed by atoms with van der Waals surface area (Å²) in [6.45, 7) is 4.76.